The molecular formula is C25H23FN4O3. The fourth-order valence-corrected chi connectivity index (χ4v) is 3.57. The van der Waals surface area contributed by atoms with Crippen LogP contribution in [-0.4, -0.2) is 21.6 Å². The minimum atomic E-state index is -0.618. The van der Waals surface area contributed by atoms with Gasteiger partial charge in [-0.15, -0.1) is 0 Å². The number of hydrogen-bond acceptors (Lipinski definition) is 4. The van der Waals surface area contributed by atoms with Crippen molar-refractivity contribution in [2.45, 2.75) is 26.8 Å². The van der Waals surface area contributed by atoms with Gasteiger partial charge < -0.3 is 15.1 Å². The van der Waals surface area contributed by atoms with Crippen molar-refractivity contribution in [3.8, 4) is 0 Å². The van der Waals surface area contributed by atoms with Crippen molar-refractivity contribution in [3.05, 3.63) is 101 Å². The first-order valence-electron chi connectivity index (χ1n) is 10.5. The molecule has 0 saturated carbocycles. The molecule has 2 aromatic carbocycles. The monoisotopic (exact) mass is 446 g/mol. The number of hydrogen-bond donors (Lipinski definition) is 2. The van der Waals surface area contributed by atoms with Crippen molar-refractivity contribution in [1.29, 1.82) is 0 Å². The van der Waals surface area contributed by atoms with Gasteiger partial charge in [0, 0.05) is 5.69 Å². The Balaban J connectivity index is 1.51. The molecule has 0 atom stereocenters. The summed E-state index contributed by atoms with van der Waals surface area (Å²) in [6, 6.07) is 15.4. The van der Waals surface area contributed by atoms with Gasteiger partial charge in [-0.1, -0.05) is 37.3 Å². The average molecular weight is 446 g/mol. The van der Waals surface area contributed by atoms with E-state index in [0.29, 0.717) is 35.5 Å². The molecule has 8 heteroatoms. The molecule has 0 unspecified atom stereocenters. The maximum absolute atomic E-state index is 14.3. The zero-order valence-electron chi connectivity index (χ0n) is 18.3. The highest BCUT2D eigenvalue weighted by molar-refractivity contribution is 6.07. The second kappa shape index (κ2) is 9.52. The van der Waals surface area contributed by atoms with Crippen LogP contribution in [0.5, 0.6) is 0 Å². The first-order valence-corrected chi connectivity index (χ1v) is 10.5. The molecule has 0 fully saturated rings. The van der Waals surface area contributed by atoms with E-state index in [-0.39, 0.29) is 11.6 Å². The van der Waals surface area contributed by atoms with Gasteiger partial charge in [-0.05, 0) is 43.2 Å². The van der Waals surface area contributed by atoms with Crippen LogP contribution in [-0.2, 0) is 13.0 Å². The van der Waals surface area contributed by atoms with E-state index < -0.39 is 11.7 Å². The van der Waals surface area contributed by atoms with E-state index in [2.05, 4.69) is 15.7 Å². The van der Waals surface area contributed by atoms with Gasteiger partial charge in [0.1, 0.15) is 11.6 Å². The highest BCUT2D eigenvalue weighted by Crippen LogP contribution is 2.22. The summed E-state index contributed by atoms with van der Waals surface area (Å²) in [4.78, 5) is 25.4. The molecule has 2 N–H and O–H groups in total. The van der Waals surface area contributed by atoms with Crippen LogP contribution in [0.15, 0.2) is 71.5 Å². The van der Waals surface area contributed by atoms with Crippen LogP contribution in [0.25, 0.3) is 0 Å². The van der Waals surface area contributed by atoms with Gasteiger partial charge >= 0.3 is 0 Å². The molecule has 2 aromatic heterocycles. The van der Waals surface area contributed by atoms with Crippen molar-refractivity contribution >= 4 is 23.2 Å². The lowest BCUT2D eigenvalue weighted by atomic mass is 10.1. The predicted molar refractivity (Wildman–Crippen MR) is 123 cm³/mol. The molecule has 4 rings (SSSR count). The third kappa shape index (κ3) is 4.85. The van der Waals surface area contributed by atoms with E-state index >= 15 is 0 Å². The fourth-order valence-electron chi connectivity index (χ4n) is 3.57. The number of carbonyl (C=O) groups excluding carboxylic acids is 2. The van der Waals surface area contributed by atoms with E-state index in [1.165, 1.54) is 36.7 Å². The van der Waals surface area contributed by atoms with Gasteiger partial charge in [-0.25, -0.2) is 4.39 Å². The Labute approximate surface area is 190 Å². The van der Waals surface area contributed by atoms with Gasteiger partial charge in [0.2, 0.25) is 0 Å². The molecule has 0 aliphatic carbocycles. The summed E-state index contributed by atoms with van der Waals surface area (Å²) < 4.78 is 21.2. The molecule has 0 saturated heterocycles. The first kappa shape index (κ1) is 22.0. The normalized spacial score (nSPS) is 10.8. The summed E-state index contributed by atoms with van der Waals surface area (Å²) in [6.07, 6.45) is 3.54. The van der Waals surface area contributed by atoms with Gasteiger partial charge in [0.05, 0.1) is 41.5 Å². The summed E-state index contributed by atoms with van der Waals surface area (Å²) in [5, 5.41) is 9.67. The lowest BCUT2D eigenvalue weighted by molar-refractivity contribution is 0.101. The molecule has 0 radical (unpaired) electrons. The van der Waals surface area contributed by atoms with E-state index in [0.717, 1.165) is 11.3 Å². The number of rotatable bonds is 7. The van der Waals surface area contributed by atoms with Crippen LogP contribution in [0.3, 0.4) is 0 Å². The maximum Gasteiger partial charge on any atom is 0.259 e. The van der Waals surface area contributed by atoms with Gasteiger partial charge in [0.25, 0.3) is 11.8 Å². The molecule has 168 valence electrons. The zero-order chi connectivity index (χ0) is 23.4. The van der Waals surface area contributed by atoms with Gasteiger partial charge in [-0.2, -0.15) is 5.10 Å². The summed E-state index contributed by atoms with van der Waals surface area (Å²) in [7, 11) is 0. The van der Waals surface area contributed by atoms with Crippen molar-refractivity contribution in [2.75, 3.05) is 10.6 Å². The molecule has 0 bridgehead atoms. The second-order valence-electron chi connectivity index (χ2n) is 7.50. The highest BCUT2D eigenvalue weighted by atomic mass is 19.1. The number of amides is 2. The van der Waals surface area contributed by atoms with E-state index in [9.17, 15) is 14.0 Å². The molecule has 0 aliphatic heterocycles. The lowest BCUT2D eigenvalue weighted by Crippen LogP contribution is -2.16. The second-order valence-corrected chi connectivity index (χ2v) is 7.50. The quantitative estimate of drug-likeness (QED) is 0.416. The smallest absolute Gasteiger partial charge is 0.259 e. The maximum atomic E-state index is 14.3. The minimum Gasteiger partial charge on any atom is -0.469 e. The Morgan fingerprint density at radius 2 is 1.79 bits per heavy atom. The Hall–Kier alpha value is -4.20. The van der Waals surface area contributed by atoms with Crippen LogP contribution in [0.1, 0.15) is 44.7 Å². The van der Waals surface area contributed by atoms with Crippen LogP contribution >= 0.6 is 0 Å². The molecule has 4 aromatic rings. The summed E-state index contributed by atoms with van der Waals surface area (Å²) >= 11 is 0. The van der Waals surface area contributed by atoms with E-state index in [1.807, 2.05) is 37.3 Å². The molecule has 2 amide bonds. The third-order valence-corrected chi connectivity index (χ3v) is 5.28. The van der Waals surface area contributed by atoms with E-state index in [1.54, 1.807) is 11.6 Å². The Kier molecular flexibility index (Phi) is 6.35. The predicted octanol–water partition coefficient (Wildman–Crippen LogP) is 5.04. The highest BCUT2D eigenvalue weighted by Gasteiger charge is 2.18. The number of nitrogens with one attached hydrogen (secondary N) is 2. The van der Waals surface area contributed by atoms with Crippen molar-refractivity contribution < 1.29 is 18.4 Å². The third-order valence-electron chi connectivity index (χ3n) is 5.28. The van der Waals surface area contributed by atoms with E-state index in [4.69, 9.17) is 4.42 Å². The number of benzene rings is 2. The topological polar surface area (TPSA) is 89.2 Å². The van der Waals surface area contributed by atoms with Gasteiger partial charge in [-0.3, -0.25) is 14.3 Å². The van der Waals surface area contributed by atoms with Crippen molar-refractivity contribution in [2.24, 2.45) is 0 Å². The van der Waals surface area contributed by atoms with Crippen molar-refractivity contribution in [1.82, 2.24) is 9.78 Å². The molecule has 2 heterocycles. The van der Waals surface area contributed by atoms with Gasteiger partial charge in [0.15, 0.2) is 0 Å². The Bertz CT molecular complexity index is 1290. The van der Waals surface area contributed by atoms with Crippen LogP contribution in [0, 0.1) is 12.7 Å². The molecule has 7 nitrogen and oxygen atoms in total. The number of aromatic nitrogens is 2. The largest absolute Gasteiger partial charge is 0.469 e. The lowest BCUT2D eigenvalue weighted by Gasteiger charge is -2.11. The van der Waals surface area contributed by atoms with Crippen LogP contribution < -0.4 is 10.6 Å². The zero-order valence-corrected chi connectivity index (χ0v) is 18.3. The summed E-state index contributed by atoms with van der Waals surface area (Å²) in [6.45, 7) is 4.15. The summed E-state index contributed by atoms with van der Waals surface area (Å²) in [5.41, 5.74) is 2.92. The van der Waals surface area contributed by atoms with Crippen LogP contribution in [0.2, 0.25) is 0 Å². The Morgan fingerprint density at radius 1 is 1.03 bits per heavy atom. The van der Waals surface area contributed by atoms with Crippen molar-refractivity contribution in [3.63, 3.8) is 0 Å². The fraction of sp³-hybridized carbons (Fsp3) is 0.160. The molecule has 0 spiro atoms. The molecular weight excluding hydrogens is 423 g/mol. The van der Waals surface area contributed by atoms with Crippen LogP contribution in [0.4, 0.5) is 15.8 Å². The number of anilines is 2. The number of carbonyl (C=O) groups is 2. The summed E-state index contributed by atoms with van der Waals surface area (Å²) in [5.74, 6) is -1.05. The average Bonchev–Trinajstić information content (AvgIpc) is 3.42. The standard InChI is InChI=1S/C25H23FN4O3/c1-3-23-20(14-27-30(23)15-17-7-5-4-6-8-17)25(32)28-18-9-10-21(26)22(13-18)29-24(31)19-11-12-33-16(19)2/h4-14H,3,15H2,1-2H3,(H,28,32)(H,29,31). The molecule has 0 aliphatic rings. The minimum absolute atomic E-state index is 0.0473. The SMILES string of the molecule is CCc1c(C(=O)Nc2ccc(F)c(NC(=O)c3ccoc3C)c2)cnn1Cc1ccccc1. The molecule has 33 heavy (non-hydrogen) atoms. The number of aryl methyl sites for hydroxylation is 1. The number of nitrogens with zero attached hydrogens (tertiary/aromatic N) is 2. The first-order chi connectivity index (χ1) is 16.0. The Morgan fingerprint density at radius 3 is 2.48 bits per heavy atom. The number of furan rings is 1. The number of halogens is 1.